The monoisotopic (exact) mass is 402 g/mol. The van der Waals surface area contributed by atoms with Crippen LogP contribution in [0.4, 0.5) is 11.6 Å². The van der Waals surface area contributed by atoms with E-state index in [-0.39, 0.29) is 37.2 Å². The summed E-state index contributed by atoms with van der Waals surface area (Å²) < 4.78 is 12.9. The number of imidazole rings is 1. The van der Waals surface area contributed by atoms with E-state index in [1.54, 1.807) is 22.8 Å². The van der Waals surface area contributed by atoms with Gasteiger partial charge in [0.15, 0.2) is 11.2 Å². The molecule has 1 aliphatic heterocycles. The van der Waals surface area contributed by atoms with E-state index in [1.165, 1.54) is 12.4 Å². The third-order valence-corrected chi connectivity index (χ3v) is 4.65. The highest BCUT2D eigenvalue weighted by Gasteiger charge is 2.35. The first-order valence-electron chi connectivity index (χ1n) is 8.77. The van der Waals surface area contributed by atoms with Gasteiger partial charge in [-0.15, -0.1) is 0 Å². The van der Waals surface area contributed by atoms with Gasteiger partial charge in [0, 0.05) is 12.5 Å². The highest BCUT2D eigenvalue weighted by atomic mass is 16.6. The molecule has 0 radical (unpaired) electrons. The molecule has 2 aromatic heterocycles. The highest BCUT2D eigenvalue weighted by Crippen LogP contribution is 2.33. The van der Waals surface area contributed by atoms with Gasteiger partial charge in [0.25, 0.3) is 5.69 Å². The molecule has 1 aromatic carbocycles. The van der Waals surface area contributed by atoms with Crippen LogP contribution in [0.25, 0.3) is 11.2 Å². The average Bonchev–Trinajstić information content (AvgIpc) is 3.29. The van der Waals surface area contributed by atoms with Gasteiger partial charge in [0.05, 0.1) is 29.5 Å². The molecular formula is C17H18N6O6. The van der Waals surface area contributed by atoms with Crippen molar-refractivity contribution in [3.63, 3.8) is 0 Å². The number of anilines is 1. The first-order chi connectivity index (χ1) is 14.0. The normalized spacial score (nSPS) is 21.5. The molecule has 12 heteroatoms. The van der Waals surface area contributed by atoms with E-state index in [4.69, 9.17) is 15.2 Å². The Morgan fingerprint density at radius 3 is 2.90 bits per heavy atom. The van der Waals surface area contributed by atoms with Crippen LogP contribution in [0.5, 0.6) is 5.88 Å². The lowest BCUT2D eigenvalue weighted by atomic mass is 10.2. The van der Waals surface area contributed by atoms with Crippen LogP contribution in [-0.4, -0.2) is 53.5 Å². The Kier molecular flexibility index (Phi) is 4.96. The van der Waals surface area contributed by atoms with Crippen LogP contribution >= 0.6 is 0 Å². The SMILES string of the molecule is Nc1nc(OCc2ccccc2[N+](=O)[O-])c2ncn([C@H]3C[C@H](O)[C@@H](CO)O3)c2n1. The maximum atomic E-state index is 11.2. The number of nitro benzene ring substituents is 1. The van der Waals surface area contributed by atoms with Crippen LogP contribution in [-0.2, 0) is 11.3 Å². The summed E-state index contributed by atoms with van der Waals surface area (Å²) >= 11 is 0. The third-order valence-electron chi connectivity index (χ3n) is 4.65. The minimum Gasteiger partial charge on any atom is -0.471 e. The van der Waals surface area contributed by atoms with E-state index in [2.05, 4.69) is 15.0 Å². The molecule has 0 saturated carbocycles. The van der Waals surface area contributed by atoms with E-state index in [9.17, 15) is 20.3 Å². The van der Waals surface area contributed by atoms with E-state index < -0.39 is 23.4 Å². The van der Waals surface area contributed by atoms with Gasteiger partial charge in [0.2, 0.25) is 11.8 Å². The lowest BCUT2D eigenvalue weighted by Crippen LogP contribution is -2.24. The zero-order valence-electron chi connectivity index (χ0n) is 15.1. The summed E-state index contributed by atoms with van der Waals surface area (Å²) in [5.41, 5.74) is 6.72. The largest absolute Gasteiger partial charge is 0.471 e. The number of para-hydroxylation sites is 1. The molecular weight excluding hydrogens is 384 g/mol. The minimum atomic E-state index is -0.823. The van der Waals surface area contributed by atoms with E-state index >= 15 is 0 Å². The van der Waals surface area contributed by atoms with Crippen molar-refractivity contribution in [2.24, 2.45) is 0 Å². The van der Waals surface area contributed by atoms with E-state index in [1.807, 2.05) is 0 Å². The number of hydrogen-bond acceptors (Lipinski definition) is 10. The number of aliphatic hydroxyl groups excluding tert-OH is 2. The summed E-state index contributed by atoms with van der Waals surface area (Å²) in [5.74, 6) is -0.00396. The standard InChI is InChI=1S/C17H18N6O6/c18-17-20-15-14(19-8-22(15)13-5-11(25)12(6-24)29-13)16(21-17)28-7-9-3-1-2-4-10(9)23(26)27/h1-4,8,11-13,24-25H,5-7H2,(H2,18,20,21)/t11-,12+,13+/m0/s1. The molecule has 0 amide bonds. The maximum Gasteiger partial charge on any atom is 0.276 e. The summed E-state index contributed by atoms with van der Waals surface area (Å²) in [6, 6.07) is 6.21. The molecule has 1 fully saturated rings. The van der Waals surface area contributed by atoms with Crippen LogP contribution in [0.15, 0.2) is 30.6 Å². The average molecular weight is 402 g/mol. The molecule has 4 N–H and O–H groups in total. The topological polar surface area (TPSA) is 172 Å². The number of nitrogens with two attached hydrogens (primary N) is 1. The van der Waals surface area contributed by atoms with E-state index in [0.29, 0.717) is 16.7 Å². The van der Waals surface area contributed by atoms with Crippen molar-refractivity contribution in [3.8, 4) is 5.88 Å². The number of aliphatic hydroxyl groups is 2. The second-order valence-electron chi connectivity index (χ2n) is 6.50. The first kappa shape index (κ1) is 19.0. The summed E-state index contributed by atoms with van der Waals surface area (Å²) in [6.45, 7) is -0.424. The van der Waals surface area contributed by atoms with Gasteiger partial charge >= 0.3 is 0 Å². The quantitative estimate of drug-likeness (QED) is 0.390. The van der Waals surface area contributed by atoms with Crippen molar-refractivity contribution in [1.82, 2.24) is 19.5 Å². The van der Waals surface area contributed by atoms with Crippen LogP contribution in [0.2, 0.25) is 0 Å². The molecule has 0 bridgehead atoms. The molecule has 1 saturated heterocycles. The maximum absolute atomic E-state index is 11.2. The van der Waals surface area contributed by atoms with Crippen LogP contribution in [0, 0.1) is 10.1 Å². The van der Waals surface area contributed by atoms with Gasteiger partial charge in [-0.25, -0.2) is 4.98 Å². The first-order valence-corrected chi connectivity index (χ1v) is 8.77. The Bertz CT molecular complexity index is 1060. The van der Waals surface area contributed by atoms with Crippen LogP contribution in [0.1, 0.15) is 18.2 Å². The molecule has 0 unspecified atom stereocenters. The second kappa shape index (κ2) is 7.58. The van der Waals surface area contributed by atoms with Crippen molar-refractivity contribution >= 4 is 22.8 Å². The number of aromatic nitrogens is 4. The Labute approximate surface area is 163 Å². The summed E-state index contributed by atoms with van der Waals surface area (Å²) in [5, 5.41) is 30.4. The Balaban J connectivity index is 1.63. The lowest BCUT2D eigenvalue weighted by Gasteiger charge is -2.14. The Morgan fingerprint density at radius 2 is 2.17 bits per heavy atom. The summed E-state index contributed by atoms with van der Waals surface area (Å²) in [4.78, 5) is 23.1. The molecule has 152 valence electrons. The molecule has 0 aliphatic carbocycles. The van der Waals surface area contributed by atoms with Crippen molar-refractivity contribution in [2.75, 3.05) is 12.3 Å². The van der Waals surface area contributed by atoms with Gasteiger partial charge in [-0.1, -0.05) is 12.1 Å². The fraction of sp³-hybridized carbons (Fsp3) is 0.353. The molecule has 0 spiro atoms. The Hall–Kier alpha value is -3.35. The number of nitrogens with zero attached hydrogens (tertiary/aromatic N) is 5. The van der Waals surface area contributed by atoms with Crippen LogP contribution in [0.3, 0.4) is 0 Å². The van der Waals surface area contributed by atoms with Crippen LogP contribution < -0.4 is 10.5 Å². The summed E-state index contributed by atoms with van der Waals surface area (Å²) in [6.07, 6.45) is -0.424. The smallest absolute Gasteiger partial charge is 0.276 e. The fourth-order valence-electron chi connectivity index (χ4n) is 3.23. The molecule has 12 nitrogen and oxygen atoms in total. The molecule has 3 atom stereocenters. The lowest BCUT2D eigenvalue weighted by molar-refractivity contribution is -0.385. The number of benzene rings is 1. The van der Waals surface area contributed by atoms with Gasteiger partial charge in [-0.05, 0) is 6.07 Å². The van der Waals surface area contributed by atoms with Gasteiger partial charge in [0.1, 0.15) is 18.9 Å². The fourth-order valence-corrected chi connectivity index (χ4v) is 3.23. The van der Waals surface area contributed by atoms with Crippen molar-refractivity contribution in [3.05, 3.63) is 46.3 Å². The number of fused-ring (bicyclic) bond motifs is 1. The number of nitro groups is 1. The van der Waals surface area contributed by atoms with E-state index in [0.717, 1.165) is 0 Å². The Morgan fingerprint density at radius 1 is 1.38 bits per heavy atom. The predicted octanol–water partition coefficient (Wildman–Crippen LogP) is 0.536. The van der Waals surface area contributed by atoms with Gasteiger partial charge in [-0.3, -0.25) is 14.7 Å². The molecule has 1 aliphatic rings. The molecule has 29 heavy (non-hydrogen) atoms. The molecule has 4 rings (SSSR count). The van der Waals surface area contributed by atoms with Crippen molar-refractivity contribution in [2.45, 2.75) is 31.5 Å². The number of hydrogen-bond donors (Lipinski definition) is 3. The van der Waals surface area contributed by atoms with Gasteiger partial charge in [-0.2, -0.15) is 9.97 Å². The predicted molar refractivity (Wildman–Crippen MR) is 98.8 cm³/mol. The zero-order chi connectivity index (χ0) is 20.5. The minimum absolute atomic E-state index is 0.0697. The summed E-state index contributed by atoms with van der Waals surface area (Å²) in [7, 11) is 0. The third kappa shape index (κ3) is 3.55. The number of rotatable bonds is 6. The molecule has 3 heterocycles. The molecule has 3 aromatic rings. The highest BCUT2D eigenvalue weighted by molar-refractivity contribution is 5.77. The zero-order valence-corrected chi connectivity index (χ0v) is 15.1. The van der Waals surface area contributed by atoms with Gasteiger partial charge < -0.3 is 25.4 Å². The van der Waals surface area contributed by atoms with Crippen molar-refractivity contribution < 1.29 is 24.6 Å². The second-order valence-corrected chi connectivity index (χ2v) is 6.50. The number of ether oxygens (including phenoxy) is 2. The van der Waals surface area contributed by atoms with Crippen molar-refractivity contribution in [1.29, 1.82) is 0 Å². The number of nitrogen functional groups attached to an aromatic ring is 1.